The number of para-hydroxylation sites is 1. The number of carboxylic acids is 1. The van der Waals surface area contributed by atoms with E-state index in [0.29, 0.717) is 5.69 Å². The predicted octanol–water partition coefficient (Wildman–Crippen LogP) is 3.70. The van der Waals surface area contributed by atoms with Gasteiger partial charge in [0.15, 0.2) is 0 Å². The molecule has 23 heavy (non-hydrogen) atoms. The van der Waals surface area contributed by atoms with E-state index in [1.54, 1.807) is 12.1 Å². The Morgan fingerprint density at radius 3 is 2.30 bits per heavy atom. The first kappa shape index (κ1) is 17.0. The van der Waals surface area contributed by atoms with Gasteiger partial charge in [0.05, 0.1) is 16.1 Å². The molecule has 0 aliphatic rings. The van der Waals surface area contributed by atoms with E-state index in [-0.39, 0.29) is 16.4 Å². The van der Waals surface area contributed by atoms with Crippen LogP contribution in [0.15, 0.2) is 53.4 Å². The van der Waals surface area contributed by atoms with E-state index in [0.717, 1.165) is 12.0 Å². The van der Waals surface area contributed by atoms with Crippen molar-refractivity contribution in [2.75, 3.05) is 4.72 Å². The summed E-state index contributed by atoms with van der Waals surface area (Å²) in [6, 6.07) is 12.4. The molecule has 0 aliphatic heterocycles. The molecular formula is C17H19NO4S. The zero-order valence-electron chi connectivity index (χ0n) is 13.0. The highest BCUT2D eigenvalue weighted by atomic mass is 32.2. The summed E-state index contributed by atoms with van der Waals surface area (Å²) >= 11 is 0. The first-order valence-corrected chi connectivity index (χ1v) is 8.78. The molecule has 2 aromatic carbocycles. The molecule has 0 radical (unpaired) electrons. The zero-order valence-corrected chi connectivity index (χ0v) is 13.8. The molecule has 6 heteroatoms. The maximum Gasteiger partial charge on any atom is 0.335 e. The van der Waals surface area contributed by atoms with Gasteiger partial charge in [0.25, 0.3) is 10.0 Å². The van der Waals surface area contributed by atoms with E-state index in [4.69, 9.17) is 5.11 Å². The molecule has 0 heterocycles. The Balaban J connectivity index is 2.33. The van der Waals surface area contributed by atoms with Crippen molar-refractivity contribution in [3.63, 3.8) is 0 Å². The average Bonchev–Trinajstić information content (AvgIpc) is 2.54. The van der Waals surface area contributed by atoms with E-state index < -0.39 is 16.0 Å². The molecule has 0 saturated heterocycles. The lowest BCUT2D eigenvalue weighted by atomic mass is 9.97. The molecule has 2 N–H and O–H groups in total. The van der Waals surface area contributed by atoms with Gasteiger partial charge in [0.2, 0.25) is 0 Å². The number of carboxylic acid groups (broad SMARTS) is 1. The molecule has 2 aromatic rings. The summed E-state index contributed by atoms with van der Waals surface area (Å²) in [5.74, 6) is -0.868. The third-order valence-corrected chi connectivity index (χ3v) is 5.14. The number of anilines is 1. The minimum atomic E-state index is -3.76. The summed E-state index contributed by atoms with van der Waals surface area (Å²) in [5.41, 5.74) is 1.52. The van der Waals surface area contributed by atoms with E-state index in [2.05, 4.69) is 4.72 Å². The number of aromatic carboxylic acids is 1. The van der Waals surface area contributed by atoms with Crippen molar-refractivity contribution in [2.45, 2.75) is 31.1 Å². The van der Waals surface area contributed by atoms with Crippen LogP contribution in [0.5, 0.6) is 0 Å². The second-order valence-corrected chi connectivity index (χ2v) is 7.01. The molecule has 1 atom stereocenters. The van der Waals surface area contributed by atoms with Gasteiger partial charge in [0.1, 0.15) is 0 Å². The molecule has 0 bridgehead atoms. The summed E-state index contributed by atoms with van der Waals surface area (Å²) in [6.07, 6.45) is 0.895. The van der Waals surface area contributed by atoms with Crippen LogP contribution in [-0.2, 0) is 10.0 Å². The molecule has 0 fully saturated rings. The number of hydrogen-bond acceptors (Lipinski definition) is 3. The van der Waals surface area contributed by atoms with Gasteiger partial charge in [0, 0.05) is 0 Å². The fraction of sp³-hybridized carbons (Fsp3) is 0.235. The third-order valence-electron chi connectivity index (χ3n) is 3.76. The van der Waals surface area contributed by atoms with Gasteiger partial charge in [-0.05, 0) is 48.2 Å². The van der Waals surface area contributed by atoms with Crippen molar-refractivity contribution >= 4 is 21.7 Å². The molecule has 0 spiro atoms. The Kier molecular flexibility index (Phi) is 5.05. The van der Waals surface area contributed by atoms with Crippen molar-refractivity contribution in [1.29, 1.82) is 0 Å². The van der Waals surface area contributed by atoms with E-state index in [1.165, 1.54) is 24.3 Å². The predicted molar refractivity (Wildman–Crippen MR) is 89.4 cm³/mol. The summed E-state index contributed by atoms with van der Waals surface area (Å²) in [6.45, 7) is 4.08. The molecule has 0 unspecified atom stereocenters. The minimum absolute atomic E-state index is 0.0291. The lowest BCUT2D eigenvalue weighted by Gasteiger charge is -2.16. The minimum Gasteiger partial charge on any atom is -0.478 e. The molecule has 2 rings (SSSR count). The fourth-order valence-electron chi connectivity index (χ4n) is 2.22. The first-order chi connectivity index (χ1) is 10.8. The zero-order chi connectivity index (χ0) is 17.0. The Morgan fingerprint density at radius 1 is 1.13 bits per heavy atom. The number of benzene rings is 2. The lowest BCUT2D eigenvalue weighted by Crippen LogP contribution is -2.15. The van der Waals surface area contributed by atoms with Gasteiger partial charge < -0.3 is 5.11 Å². The highest BCUT2D eigenvalue weighted by Crippen LogP contribution is 2.28. The maximum atomic E-state index is 12.5. The average molecular weight is 333 g/mol. The monoisotopic (exact) mass is 333 g/mol. The van der Waals surface area contributed by atoms with Crippen molar-refractivity contribution in [3.05, 3.63) is 59.7 Å². The van der Waals surface area contributed by atoms with E-state index >= 15 is 0 Å². The van der Waals surface area contributed by atoms with Gasteiger partial charge in [-0.3, -0.25) is 4.72 Å². The van der Waals surface area contributed by atoms with Gasteiger partial charge in [-0.25, -0.2) is 13.2 Å². The number of sulfonamides is 1. The van der Waals surface area contributed by atoms with Gasteiger partial charge in [-0.15, -0.1) is 0 Å². The van der Waals surface area contributed by atoms with Crippen LogP contribution in [0, 0.1) is 0 Å². The van der Waals surface area contributed by atoms with E-state index in [1.807, 2.05) is 26.0 Å². The van der Waals surface area contributed by atoms with Crippen LogP contribution < -0.4 is 4.72 Å². The van der Waals surface area contributed by atoms with Crippen LogP contribution in [0.2, 0.25) is 0 Å². The Bertz CT molecular complexity index is 798. The quantitative estimate of drug-likeness (QED) is 0.844. The SMILES string of the molecule is CC[C@@H](C)c1ccccc1NS(=O)(=O)c1ccc(C(=O)O)cc1. The second kappa shape index (κ2) is 6.83. The Labute approximate surface area is 136 Å². The number of carbonyl (C=O) groups is 1. The lowest BCUT2D eigenvalue weighted by molar-refractivity contribution is 0.0696. The molecule has 0 amide bonds. The van der Waals surface area contributed by atoms with Crippen molar-refractivity contribution in [2.24, 2.45) is 0 Å². The van der Waals surface area contributed by atoms with Crippen LogP contribution in [0.3, 0.4) is 0 Å². The maximum absolute atomic E-state index is 12.5. The molecule has 0 saturated carbocycles. The van der Waals surface area contributed by atoms with Crippen LogP contribution in [0.4, 0.5) is 5.69 Å². The summed E-state index contributed by atoms with van der Waals surface area (Å²) in [7, 11) is -3.76. The van der Waals surface area contributed by atoms with Crippen LogP contribution >= 0.6 is 0 Å². The molecular weight excluding hydrogens is 314 g/mol. The first-order valence-electron chi connectivity index (χ1n) is 7.30. The summed E-state index contributed by atoms with van der Waals surface area (Å²) in [4.78, 5) is 10.9. The largest absolute Gasteiger partial charge is 0.478 e. The van der Waals surface area contributed by atoms with E-state index in [9.17, 15) is 13.2 Å². The Hall–Kier alpha value is -2.34. The summed E-state index contributed by atoms with van der Waals surface area (Å²) in [5, 5.41) is 8.87. The van der Waals surface area contributed by atoms with Crippen molar-refractivity contribution in [1.82, 2.24) is 0 Å². The van der Waals surface area contributed by atoms with Crippen LogP contribution in [0.25, 0.3) is 0 Å². The third kappa shape index (κ3) is 3.90. The Morgan fingerprint density at radius 2 is 1.74 bits per heavy atom. The molecule has 122 valence electrons. The van der Waals surface area contributed by atoms with Crippen LogP contribution in [0.1, 0.15) is 42.1 Å². The standard InChI is InChI=1S/C17H19NO4S/c1-3-12(2)15-6-4-5-7-16(15)18-23(21,22)14-10-8-13(9-11-14)17(19)20/h4-12,18H,3H2,1-2H3,(H,19,20)/t12-/m1/s1. The van der Waals surface area contributed by atoms with Gasteiger partial charge >= 0.3 is 5.97 Å². The smallest absolute Gasteiger partial charge is 0.335 e. The highest BCUT2D eigenvalue weighted by molar-refractivity contribution is 7.92. The normalized spacial score (nSPS) is 12.6. The molecule has 5 nitrogen and oxygen atoms in total. The van der Waals surface area contributed by atoms with Gasteiger partial charge in [-0.1, -0.05) is 32.0 Å². The van der Waals surface area contributed by atoms with Crippen LogP contribution in [-0.4, -0.2) is 19.5 Å². The van der Waals surface area contributed by atoms with Crippen molar-refractivity contribution in [3.8, 4) is 0 Å². The fourth-order valence-corrected chi connectivity index (χ4v) is 3.31. The number of rotatable bonds is 6. The highest BCUT2D eigenvalue weighted by Gasteiger charge is 2.18. The number of hydrogen-bond donors (Lipinski definition) is 2. The second-order valence-electron chi connectivity index (χ2n) is 5.33. The number of nitrogens with one attached hydrogen (secondary N) is 1. The van der Waals surface area contributed by atoms with Gasteiger partial charge in [-0.2, -0.15) is 0 Å². The van der Waals surface area contributed by atoms with Crippen molar-refractivity contribution < 1.29 is 18.3 Å². The summed E-state index contributed by atoms with van der Waals surface area (Å²) < 4.78 is 27.6. The molecule has 0 aliphatic carbocycles. The molecule has 0 aromatic heterocycles. The topological polar surface area (TPSA) is 83.5 Å².